The molecule has 1 fully saturated rings. The minimum atomic E-state index is 0.741. The summed E-state index contributed by atoms with van der Waals surface area (Å²) >= 11 is 0. The predicted molar refractivity (Wildman–Crippen MR) is 118 cm³/mol. The minimum absolute atomic E-state index is 0.741. The second-order valence-electron chi connectivity index (χ2n) is 7.00. The van der Waals surface area contributed by atoms with Crippen molar-refractivity contribution < 1.29 is 14.2 Å². The Hall–Kier alpha value is -3.48. The molecule has 0 N–H and O–H groups in total. The summed E-state index contributed by atoms with van der Waals surface area (Å²) < 4.78 is 16.2. The molecule has 0 amide bonds. The Morgan fingerprint density at radius 2 is 1.50 bits per heavy atom. The van der Waals surface area contributed by atoms with E-state index in [1.807, 2.05) is 36.5 Å². The van der Waals surface area contributed by atoms with E-state index in [1.54, 1.807) is 27.5 Å². The third-order valence-electron chi connectivity index (χ3n) is 5.33. The van der Waals surface area contributed by atoms with E-state index in [0.717, 1.165) is 60.5 Å². The number of hydrogen-bond donors (Lipinski definition) is 0. The highest BCUT2D eigenvalue weighted by Gasteiger charge is 2.20. The fourth-order valence-corrected chi connectivity index (χ4v) is 3.65. The molecule has 0 saturated carbocycles. The van der Waals surface area contributed by atoms with Crippen molar-refractivity contribution in [3.05, 3.63) is 54.9 Å². The Balaban J connectivity index is 1.52. The summed E-state index contributed by atoms with van der Waals surface area (Å²) in [5, 5.41) is 0. The van der Waals surface area contributed by atoms with Crippen molar-refractivity contribution in [3.8, 4) is 28.5 Å². The first-order chi connectivity index (χ1) is 14.7. The maximum atomic E-state index is 5.51. The molecule has 0 radical (unpaired) electrons. The lowest BCUT2D eigenvalue weighted by Crippen LogP contribution is -2.46. The van der Waals surface area contributed by atoms with Crippen LogP contribution in [-0.2, 0) is 0 Å². The van der Waals surface area contributed by atoms with Gasteiger partial charge in [-0.15, -0.1) is 0 Å². The van der Waals surface area contributed by atoms with E-state index in [0.29, 0.717) is 0 Å². The van der Waals surface area contributed by atoms with Crippen molar-refractivity contribution in [2.75, 3.05) is 57.3 Å². The first-order valence-corrected chi connectivity index (χ1v) is 9.90. The lowest BCUT2D eigenvalue weighted by atomic mass is 10.1. The summed E-state index contributed by atoms with van der Waals surface area (Å²) in [5.74, 6) is 3.23. The van der Waals surface area contributed by atoms with Crippen molar-refractivity contribution in [2.24, 2.45) is 0 Å². The summed E-state index contributed by atoms with van der Waals surface area (Å²) in [6.45, 7) is 3.54. The van der Waals surface area contributed by atoms with Crippen LogP contribution in [0, 0.1) is 0 Å². The largest absolute Gasteiger partial charge is 0.497 e. The average molecular weight is 406 g/mol. The first-order valence-electron chi connectivity index (χ1n) is 9.90. The number of benzene rings is 2. The highest BCUT2D eigenvalue weighted by Crippen LogP contribution is 2.33. The third kappa shape index (κ3) is 4.10. The van der Waals surface area contributed by atoms with Crippen molar-refractivity contribution in [1.29, 1.82) is 0 Å². The van der Waals surface area contributed by atoms with Crippen LogP contribution < -0.4 is 24.0 Å². The number of methoxy groups -OCH3 is 3. The zero-order chi connectivity index (χ0) is 20.9. The third-order valence-corrected chi connectivity index (χ3v) is 5.33. The Kier molecular flexibility index (Phi) is 5.88. The molecule has 0 spiro atoms. The van der Waals surface area contributed by atoms with E-state index in [9.17, 15) is 0 Å². The lowest BCUT2D eigenvalue weighted by Gasteiger charge is -2.36. The molecular weight excluding hydrogens is 380 g/mol. The zero-order valence-electron chi connectivity index (χ0n) is 17.5. The number of hydrogen-bond acceptors (Lipinski definition) is 7. The van der Waals surface area contributed by atoms with E-state index in [-0.39, 0.29) is 0 Å². The molecule has 1 aromatic heterocycles. The van der Waals surface area contributed by atoms with Crippen LogP contribution in [0.5, 0.6) is 17.2 Å². The van der Waals surface area contributed by atoms with Gasteiger partial charge >= 0.3 is 0 Å². The van der Waals surface area contributed by atoms with E-state index in [1.165, 1.54) is 5.69 Å². The first kappa shape index (κ1) is 19.8. The number of aromatic nitrogens is 2. The Morgan fingerprint density at radius 1 is 0.767 bits per heavy atom. The Morgan fingerprint density at radius 3 is 2.23 bits per heavy atom. The van der Waals surface area contributed by atoms with E-state index < -0.39 is 0 Å². The highest BCUT2D eigenvalue weighted by molar-refractivity contribution is 5.69. The Labute approximate surface area is 176 Å². The maximum Gasteiger partial charge on any atom is 0.147 e. The molecule has 30 heavy (non-hydrogen) atoms. The molecule has 4 rings (SSSR count). The quantitative estimate of drug-likeness (QED) is 0.621. The summed E-state index contributed by atoms with van der Waals surface area (Å²) in [5.41, 5.74) is 2.80. The van der Waals surface area contributed by atoms with Crippen LogP contribution in [0.15, 0.2) is 54.9 Å². The van der Waals surface area contributed by atoms with Gasteiger partial charge in [-0.25, -0.2) is 4.98 Å². The van der Waals surface area contributed by atoms with Crippen LogP contribution in [0.25, 0.3) is 11.3 Å². The number of nitrogens with zero attached hydrogens (tertiary/aromatic N) is 4. The van der Waals surface area contributed by atoms with Gasteiger partial charge in [-0.2, -0.15) is 0 Å². The van der Waals surface area contributed by atoms with Crippen molar-refractivity contribution in [2.45, 2.75) is 0 Å². The van der Waals surface area contributed by atoms with E-state index in [2.05, 4.69) is 26.9 Å². The molecule has 2 aromatic carbocycles. The fraction of sp³-hybridized carbons (Fsp3) is 0.304. The second-order valence-corrected chi connectivity index (χ2v) is 7.00. The van der Waals surface area contributed by atoms with Crippen LogP contribution >= 0.6 is 0 Å². The molecule has 0 bridgehead atoms. The van der Waals surface area contributed by atoms with Gasteiger partial charge in [0.1, 0.15) is 23.1 Å². The second kappa shape index (κ2) is 8.90. The normalized spacial score (nSPS) is 13.8. The van der Waals surface area contributed by atoms with Crippen molar-refractivity contribution >= 4 is 11.5 Å². The highest BCUT2D eigenvalue weighted by atomic mass is 16.5. The van der Waals surface area contributed by atoms with E-state index >= 15 is 0 Å². The Bertz CT molecular complexity index is 1000. The van der Waals surface area contributed by atoms with Crippen LogP contribution in [-0.4, -0.2) is 57.5 Å². The van der Waals surface area contributed by atoms with Gasteiger partial charge in [0, 0.05) is 43.5 Å². The number of piperazine rings is 1. The fourth-order valence-electron chi connectivity index (χ4n) is 3.65. The van der Waals surface area contributed by atoms with Gasteiger partial charge < -0.3 is 24.0 Å². The topological polar surface area (TPSA) is 60.0 Å². The minimum Gasteiger partial charge on any atom is -0.497 e. The van der Waals surface area contributed by atoms with Gasteiger partial charge in [-0.05, 0) is 30.3 Å². The predicted octanol–water partition coefficient (Wildman–Crippen LogP) is 3.50. The summed E-state index contributed by atoms with van der Waals surface area (Å²) in [6, 6.07) is 13.9. The molecule has 1 saturated heterocycles. The van der Waals surface area contributed by atoms with E-state index in [4.69, 9.17) is 19.2 Å². The lowest BCUT2D eigenvalue weighted by molar-refractivity contribution is 0.404. The molecule has 2 heterocycles. The molecule has 0 aliphatic carbocycles. The smallest absolute Gasteiger partial charge is 0.147 e. The van der Waals surface area contributed by atoms with Gasteiger partial charge in [0.05, 0.1) is 39.4 Å². The molecule has 1 aliphatic heterocycles. The molecule has 3 aromatic rings. The van der Waals surface area contributed by atoms with Crippen LogP contribution in [0.3, 0.4) is 0 Å². The van der Waals surface area contributed by atoms with Crippen LogP contribution in [0.2, 0.25) is 0 Å². The summed E-state index contributed by atoms with van der Waals surface area (Å²) in [6.07, 6.45) is 3.57. The van der Waals surface area contributed by atoms with Gasteiger partial charge in [0.15, 0.2) is 0 Å². The van der Waals surface area contributed by atoms with Gasteiger partial charge in [-0.1, -0.05) is 6.07 Å². The number of anilines is 2. The molecule has 156 valence electrons. The molecule has 7 heteroatoms. The van der Waals surface area contributed by atoms with Gasteiger partial charge in [-0.3, -0.25) is 4.98 Å². The molecule has 0 unspecified atom stereocenters. The monoisotopic (exact) mass is 406 g/mol. The number of rotatable bonds is 6. The molecular formula is C23H26N4O3. The van der Waals surface area contributed by atoms with Crippen molar-refractivity contribution in [3.63, 3.8) is 0 Å². The van der Waals surface area contributed by atoms with Gasteiger partial charge in [0.2, 0.25) is 0 Å². The SMILES string of the molecule is COc1cccc(N2CCN(c3cncc(-c4cc(OC)ccc4OC)n3)CC2)c1. The molecule has 1 aliphatic rings. The standard InChI is InChI=1S/C23H26N4O3/c1-28-18-6-4-5-17(13-18)26-9-11-27(12-10-26)23-16-24-15-21(25-23)20-14-19(29-2)7-8-22(20)30-3/h4-8,13-16H,9-12H2,1-3H3. The van der Waals surface area contributed by atoms with Crippen LogP contribution in [0.4, 0.5) is 11.5 Å². The maximum absolute atomic E-state index is 5.51. The number of ether oxygens (including phenoxy) is 3. The van der Waals surface area contributed by atoms with Crippen molar-refractivity contribution in [1.82, 2.24) is 9.97 Å². The molecule has 7 nitrogen and oxygen atoms in total. The zero-order valence-corrected chi connectivity index (χ0v) is 17.5. The molecule has 0 atom stereocenters. The average Bonchev–Trinajstić information content (AvgIpc) is 2.83. The van der Waals surface area contributed by atoms with Crippen LogP contribution in [0.1, 0.15) is 0 Å². The summed E-state index contributed by atoms with van der Waals surface area (Å²) in [7, 11) is 5.00. The summed E-state index contributed by atoms with van der Waals surface area (Å²) in [4.78, 5) is 13.9. The van der Waals surface area contributed by atoms with Gasteiger partial charge in [0.25, 0.3) is 0 Å².